The number of rotatable bonds is 7. The van der Waals surface area contributed by atoms with Gasteiger partial charge >= 0.3 is 7.12 Å². The Morgan fingerprint density at radius 1 is 1.29 bits per heavy atom. The van der Waals surface area contributed by atoms with Crippen LogP contribution < -0.4 is 10.2 Å². The van der Waals surface area contributed by atoms with Crippen molar-refractivity contribution in [3.05, 3.63) is 36.4 Å². The molecule has 0 aromatic carbocycles. The zero-order chi connectivity index (χ0) is 15.2. The van der Waals surface area contributed by atoms with Gasteiger partial charge in [-0.05, 0) is 25.0 Å². The number of hydrogen-bond acceptors (Lipinski definition) is 5. The zero-order valence-corrected chi connectivity index (χ0v) is 12.3. The van der Waals surface area contributed by atoms with Crippen molar-refractivity contribution < 1.29 is 14.8 Å². The summed E-state index contributed by atoms with van der Waals surface area (Å²) in [6, 6.07) is 3.89. The Kier molecular flexibility index (Phi) is 5.35. The monoisotopic (exact) mass is 289 g/mol. The van der Waals surface area contributed by atoms with E-state index in [1.165, 1.54) is 12.4 Å². The lowest BCUT2D eigenvalue weighted by molar-refractivity contribution is 0.296. The maximum atomic E-state index is 9.10. The predicted octanol–water partition coefficient (Wildman–Crippen LogP) is 0.898. The molecule has 0 aliphatic carbocycles. The average molecular weight is 289 g/mol. The molecule has 0 unspecified atom stereocenters. The number of pyridine rings is 1. The van der Waals surface area contributed by atoms with Crippen LogP contribution in [0.3, 0.4) is 0 Å². The molecule has 0 bridgehead atoms. The van der Waals surface area contributed by atoms with Gasteiger partial charge in [-0.2, -0.15) is 5.10 Å². The van der Waals surface area contributed by atoms with E-state index in [0.717, 1.165) is 18.5 Å². The quantitative estimate of drug-likeness (QED) is 0.740. The van der Waals surface area contributed by atoms with Crippen LogP contribution in [0.2, 0.25) is 0 Å². The first-order valence-electron chi connectivity index (χ1n) is 7.12. The summed E-state index contributed by atoms with van der Waals surface area (Å²) < 4.78 is 7.55. The van der Waals surface area contributed by atoms with Gasteiger partial charge in [-0.1, -0.05) is 13.8 Å². The zero-order valence-electron chi connectivity index (χ0n) is 12.3. The molecule has 6 nitrogen and oxygen atoms in total. The Morgan fingerprint density at radius 3 is 2.71 bits per heavy atom. The number of nitrogens with zero attached hydrogens (tertiary/aromatic N) is 3. The molecule has 2 aromatic rings. The molecule has 0 aliphatic rings. The standard InChI is InChI=1S/C14H20BN3O3/c1-3-13(4-2)18-6-5-12(17-18)10-21-14-7-11(15(19)20)8-16-9-14/h5-9,13,19-20H,3-4,10H2,1-2H3. The number of aromatic nitrogens is 3. The largest absolute Gasteiger partial charge is 0.490 e. The summed E-state index contributed by atoms with van der Waals surface area (Å²) >= 11 is 0. The van der Waals surface area contributed by atoms with Crippen LogP contribution in [0.4, 0.5) is 0 Å². The molecule has 0 atom stereocenters. The van der Waals surface area contributed by atoms with Crippen molar-refractivity contribution in [1.82, 2.24) is 14.8 Å². The molecule has 2 aromatic heterocycles. The highest BCUT2D eigenvalue weighted by Gasteiger charge is 2.12. The van der Waals surface area contributed by atoms with Gasteiger partial charge in [0.25, 0.3) is 0 Å². The van der Waals surface area contributed by atoms with Gasteiger partial charge in [0, 0.05) is 17.9 Å². The average Bonchev–Trinajstić information content (AvgIpc) is 2.95. The van der Waals surface area contributed by atoms with Gasteiger partial charge in [0.15, 0.2) is 0 Å². The van der Waals surface area contributed by atoms with Crippen LogP contribution in [-0.4, -0.2) is 31.9 Å². The van der Waals surface area contributed by atoms with E-state index in [9.17, 15) is 0 Å². The molecule has 2 heterocycles. The molecular weight excluding hydrogens is 269 g/mol. The molecule has 2 N–H and O–H groups in total. The van der Waals surface area contributed by atoms with Crippen molar-refractivity contribution in [3.63, 3.8) is 0 Å². The van der Waals surface area contributed by atoms with Gasteiger partial charge in [-0.3, -0.25) is 9.67 Å². The van der Waals surface area contributed by atoms with Crippen LogP contribution in [0, 0.1) is 0 Å². The van der Waals surface area contributed by atoms with E-state index in [4.69, 9.17) is 14.8 Å². The lowest BCUT2D eigenvalue weighted by atomic mass is 9.82. The minimum Gasteiger partial charge on any atom is -0.486 e. The number of ether oxygens (including phenoxy) is 1. The van der Waals surface area contributed by atoms with Crippen LogP contribution in [0.1, 0.15) is 38.4 Å². The van der Waals surface area contributed by atoms with Crippen molar-refractivity contribution in [2.75, 3.05) is 0 Å². The normalized spacial score (nSPS) is 10.9. The molecule has 21 heavy (non-hydrogen) atoms. The molecule has 2 rings (SSSR count). The van der Waals surface area contributed by atoms with Gasteiger partial charge in [0.2, 0.25) is 0 Å². The summed E-state index contributed by atoms with van der Waals surface area (Å²) in [5.74, 6) is 0.484. The number of hydrogen-bond donors (Lipinski definition) is 2. The molecule has 7 heteroatoms. The van der Waals surface area contributed by atoms with E-state index in [1.807, 2.05) is 16.9 Å². The third-order valence-corrected chi connectivity index (χ3v) is 3.40. The molecule has 0 amide bonds. The molecule has 0 saturated carbocycles. The first-order chi connectivity index (χ1) is 10.1. The fraction of sp³-hybridized carbons (Fsp3) is 0.429. The Morgan fingerprint density at radius 2 is 2.05 bits per heavy atom. The summed E-state index contributed by atoms with van der Waals surface area (Å²) in [7, 11) is -1.55. The summed E-state index contributed by atoms with van der Waals surface area (Å²) in [5, 5.41) is 22.7. The van der Waals surface area contributed by atoms with E-state index in [1.54, 1.807) is 6.07 Å². The second kappa shape index (κ2) is 7.24. The van der Waals surface area contributed by atoms with E-state index < -0.39 is 7.12 Å². The van der Waals surface area contributed by atoms with Crippen LogP contribution in [0.15, 0.2) is 30.7 Å². The molecule has 0 aliphatic heterocycles. The second-order valence-corrected chi connectivity index (χ2v) is 4.87. The van der Waals surface area contributed by atoms with Gasteiger partial charge in [-0.25, -0.2) is 0 Å². The van der Waals surface area contributed by atoms with Crippen LogP contribution in [-0.2, 0) is 6.61 Å². The van der Waals surface area contributed by atoms with Gasteiger partial charge < -0.3 is 14.8 Å². The third-order valence-electron chi connectivity index (χ3n) is 3.40. The van der Waals surface area contributed by atoms with Crippen molar-refractivity contribution in [2.45, 2.75) is 39.3 Å². The third kappa shape index (κ3) is 4.06. The molecular formula is C14H20BN3O3. The summed E-state index contributed by atoms with van der Waals surface area (Å²) in [4.78, 5) is 3.91. The minimum absolute atomic E-state index is 0.301. The first-order valence-corrected chi connectivity index (χ1v) is 7.12. The summed E-state index contributed by atoms with van der Waals surface area (Å²) in [5.41, 5.74) is 1.13. The highest BCUT2D eigenvalue weighted by Crippen LogP contribution is 2.15. The lowest BCUT2D eigenvalue weighted by Gasteiger charge is -2.12. The van der Waals surface area contributed by atoms with Crippen molar-refractivity contribution >= 4 is 12.6 Å². The molecule has 0 fully saturated rings. The van der Waals surface area contributed by atoms with Crippen LogP contribution in [0.5, 0.6) is 5.75 Å². The Hall–Kier alpha value is -1.86. The van der Waals surface area contributed by atoms with Gasteiger partial charge in [0.05, 0.1) is 17.9 Å². The maximum absolute atomic E-state index is 9.10. The fourth-order valence-corrected chi connectivity index (χ4v) is 2.13. The van der Waals surface area contributed by atoms with Crippen molar-refractivity contribution in [3.8, 4) is 5.75 Å². The first kappa shape index (κ1) is 15.5. The molecule has 0 spiro atoms. The summed E-state index contributed by atoms with van der Waals surface area (Å²) in [6.07, 6.45) is 6.96. The highest BCUT2D eigenvalue weighted by molar-refractivity contribution is 6.58. The van der Waals surface area contributed by atoms with E-state index >= 15 is 0 Å². The Bertz CT molecular complexity index is 570. The van der Waals surface area contributed by atoms with E-state index in [2.05, 4.69) is 23.9 Å². The topological polar surface area (TPSA) is 80.4 Å². The van der Waals surface area contributed by atoms with Crippen LogP contribution in [0.25, 0.3) is 0 Å². The van der Waals surface area contributed by atoms with Crippen LogP contribution >= 0.6 is 0 Å². The fourth-order valence-electron chi connectivity index (χ4n) is 2.13. The van der Waals surface area contributed by atoms with Crippen molar-refractivity contribution in [1.29, 1.82) is 0 Å². The lowest BCUT2D eigenvalue weighted by Crippen LogP contribution is -2.30. The Labute approximate surface area is 124 Å². The van der Waals surface area contributed by atoms with Gasteiger partial charge in [-0.15, -0.1) is 0 Å². The smallest absolute Gasteiger partial charge is 0.486 e. The Balaban J connectivity index is 1.98. The SMILES string of the molecule is CCC(CC)n1ccc(COc2cncc(B(O)O)c2)n1. The predicted molar refractivity (Wildman–Crippen MR) is 80.2 cm³/mol. The van der Waals surface area contributed by atoms with E-state index in [0.29, 0.717) is 23.9 Å². The summed E-state index contributed by atoms with van der Waals surface area (Å²) in [6.45, 7) is 4.60. The minimum atomic E-state index is -1.55. The second-order valence-electron chi connectivity index (χ2n) is 4.87. The highest BCUT2D eigenvalue weighted by atomic mass is 16.5. The van der Waals surface area contributed by atoms with Crippen molar-refractivity contribution in [2.24, 2.45) is 0 Å². The molecule has 112 valence electrons. The molecule has 0 radical (unpaired) electrons. The molecule has 0 saturated heterocycles. The van der Waals surface area contributed by atoms with E-state index in [-0.39, 0.29) is 0 Å². The van der Waals surface area contributed by atoms with Gasteiger partial charge in [0.1, 0.15) is 12.4 Å². The maximum Gasteiger partial charge on any atom is 0.490 e.